The molecule has 0 radical (unpaired) electrons. The molecule has 158 valence electrons. The van der Waals surface area contributed by atoms with E-state index in [4.69, 9.17) is 0 Å². The Morgan fingerprint density at radius 3 is 2.74 bits per heavy atom. The van der Waals surface area contributed by atoms with Crippen molar-refractivity contribution in [1.29, 1.82) is 0 Å². The van der Waals surface area contributed by atoms with Gasteiger partial charge >= 0.3 is 0 Å². The van der Waals surface area contributed by atoms with E-state index in [0.717, 1.165) is 25.8 Å². The fourth-order valence-electron chi connectivity index (χ4n) is 2.85. The van der Waals surface area contributed by atoms with Crippen molar-refractivity contribution >= 4 is 67.3 Å². The number of amides is 2. The van der Waals surface area contributed by atoms with Crippen LogP contribution < -0.4 is 10.6 Å². The largest absolute Gasteiger partial charge is 0.326 e. The fourth-order valence-corrected chi connectivity index (χ4v) is 5.64. The second-order valence-electron chi connectivity index (χ2n) is 6.78. The van der Waals surface area contributed by atoms with Crippen LogP contribution in [0.4, 0.5) is 10.8 Å². The summed E-state index contributed by atoms with van der Waals surface area (Å²) in [6, 6.07) is 15.6. The number of fused-ring (bicyclic) bond motifs is 1. The molecule has 2 heterocycles. The molecule has 2 N–H and O–H groups in total. The predicted octanol–water partition coefficient (Wildman–Crippen LogP) is 5.44. The molecule has 2 aromatic heterocycles. The van der Waals surface area contributed by atoms with Crippen LogP contribution in [0.15, 0.2) is 64.4 Å². The summed E-state index contributed by atoms with van der Waals surface area (Å²) in [5.74, 6) is -0.125. The molecule has 9 heteroatoms. The van der Waals surface area contributed by atoms with E-state index in [9.17, 15) is 9.59 Å². The topological polar surface area (TPSA) is 84.0 Å². The van der Waals surface area contributed by atoms with Crippen LogP contribution in [0.2, 0.25) is 0 Å². The molecule has 0 saturated heterocycles. The van der Waals surface area contributed by atoms with E-state index < -0.39 is 0 Å². The summed E-state index contributed by atoms with van der Waals surface area (Å²) in [7, 11) is 0. The third-order valence-electron chi connectivity index (χ3n) is 4.45. The third-order valence-corrected chi connectivity index (χ3v) is 7.35. The first-order valence-corrected chi connectivity index (χ1v) is 12.3. The Bertz CT molecular complexity index is 1180. The molecule has 0 aliphatic carbocycles. The summed E-state index contributed by atoms with van der Waals surface area (Å²) in [4.78, 5) is 33.3. The maximum Gasteiger partial charge on any atom is 0.239 e. The number of aromatic nitrogens is 2. The molecule has 6 nitrogen and oxygen atoms in total. The molecule has 0 bridgehead atoms. The summed E-state index contributed by atoms with van der Waals surface area (Å²) in [6.45, 7) is 1.85. The van der Waals surface area contributed by atoms with Crippen molar-refractivity contribution in [3.05, 3.63) is 65.7 Å². The van der Waals surface area contributed by atoms with Gasteiger partial charge in [-0.25, -0.2) is 9.97 Å². The highest BCUT2D eigenvalue weighted by Gasteiger charge is 2.18. The molecule has 0 aliphatic rings. The van der Waals surface area contributed by atoms with Crippen LogP contribution in [0.5, 0.6) is 0 Å². The van der Waals surface area contributed by atoms with Crippen LogP contribution in [0.1, 0.15) is 18.9 Å². The Labute approximate surface area is 192 Å². The van der Waals surface area contributed by atoms with Crippen molar-refractivity contribution < 1.29 is 9.59 Å². The van der Waals surface area contributed by atoms with E-state index in [2.05, 4.69) is 20.6 Å². The highest BCUT2D eigenvalue weighted by atomic mass is 32.2. The van der Waals surface area contributed by atoms with Gasteiger partial charge in [0.2, 0.25) is 11.8 Å². The number of anilines is 2. The van der Waals surface area contributed by atoms with Gasteiger partial charge < -0.3 is 10.6 Å². The molecular formula is C22H20N4O2S3. The number of thioether (sulfide) groups is 1. The Morgan fingerprint density at radius 1 is 1.13 bits per heavy atom. The summed E-state index contributed by atoms with van der Waals surface area (Å²) < 4.78 is 1.78. The molecule has 31 heavy (non-hydrogen) atoms. The van der Waals surface area contributed by atoms with Crippen LogP contribution in [-0.4, -0.2) is 27.0 Å². The molecule has 1 unspecified atom stereocenters. The predicted molar refractivity (Wildman–Crippen MR) is 129 cm³/mol. The number of thiazole rings is 2. The standard InChI is InChI=1S/C22H20N4O2S3/c1-14(20(28)26-21-23-11-12-29-21)30-22-25-17-9-8-16(13-18(17)31-22)24-19(27)10-7-15-5-3-2-4-6-15/h2-6,8-9,11-14H,7,10H2,1H3,(H,24,27)(H,23,26,28). The molecular weight excluding hydrogens is 448 g/mol. The highest BCUT2D eigenvalue weighted by Crippen LogP contribution is 2.33. The summed E-state index contributed by atoms with van der Waals surface area (Å²) in [5.41, 5.74) is 2.74. The number of carbonyl (C=O) groups is 2. The van der Waals surface area contributed by atoms with E-state index in [0.29, 0.717) is 18.0 Å². The number of aryl methyl sites for hydroxylation is 1. The molecule has 0 spiro atoms. The fraction of sp³-hybridized carbons (Fsp3) is 0.182. The van der Waals surface area contributed by atoms with Crippen LogP contribution in [-0.2, 0) is 16.0 Å². The van der Waals surface area contributed by atoms with E-state index in [1.54, 1.807) is 6.20 Å². The summed E-state index contributed by atoms with van der Waals surface area (Å²) in [6.07, 6.45) is 2.79. The summed E-state index contributed by atoms with van der Waals surface area (Å²) >= 11 is 4.31. The van der Waals surface area contributed by atoms with Gasteiger partial charge in [0, 0.05) is 23.7 Å². The maximum atomic E-state index is 12.3. The van der Waals surface area contributed by atoms with E-state index >= 15 is 0 Å². The van der Waals surface area contributed by atoms with Gasteiger partial charge in [-0.2, -0.15) is 0 Å². The number of hydrogen-bond donors (Lipinski definition) is 2. The Morgan fingerprint density at radius 2 is 1.97 bits per heavy atom. The lowest BCUT2D eigenvalue weighted by Crippen LogP contribution is -2.22. The molecule has 0 aliphatic heterocycles. The van der Waals surface area contributed by atoms with Gasteiger partial charge in [0.05, 0.1) is 15.5 Å². The molecule has 4 rings (SSSR count). The number of benzene rings is 2. The lowest BCUT2D eigenvalue weighted by Gasteiger charge is -2.07. The highest BCUT2D eigenvalue weighted by molar-refractivity contribution is 8.02. The molecule has 2 aromatic carbocycles. The first-order valence-electron chi connectivity index (χ1n) is 9.68. The van der Waals surface area contributed by atoms with Gasteiger partial charge in [0.25, 0.3) is 0 Å². The number of carbonyl (C=O) groups excluding carboxylic acids is 2. The summed E-state index contributed by atoms with van der Waals surface area (Å²) in [5, 5.41) is 7.87. The first-order chi connectivity index (χ1) is 15.1. The van der Waals surface area contributed by atoms with Crippen molar-refractivity contribution in [2.75, 3.05) is 10.6 Å². The zero-order chi connectivity index (χ0) is 21.6. The molecule has 2 amide bonds. The zero-order valence-corrected chi connectivity index (χ0v) is 19.2. The second kappa shape index (κ2) is 10.0. The maximum absolute atomic E-state index is 12.3. The van der Waals surface area contributed by atoms with E-state index in [1.807, 2.05) is 60.8 Å². The molecule has 0 saturated carbocycles. The minimum atomic E-state index is -0.304. The van der Waals surface area contributed by atoms with Gasteiger partial charge in [-0.1, -0.05) is 42.1 Å². The van der Waals surface area contributed by atoms with Crippen molar-refractivity contribution in [3.63, 3.8) is 0 Å². The molecule has 4 aromatic rings. The lowest BCUT2D eigenvalue weighted by atomic mass is 10.1. The van der Waals surface area contributed by atoms with Crippen molar-refractivity contribution in [2.24, 2.45) is 0 Å². The average Bonchev–Trinajstić information content (AvgIpc) is 3.42. The van der Waals surface area contributed by atoms with Crippen molar-refractivity contribution in [3.8, 4) is 0 Å². The Hall–Kier alpha value is -2.75. The van der Waals surface area contributed by atoms with Crippen LogP contribution >= 0.6 is 34.4 Å². The number of hydrogen-bond acceptors (Lipinski definition) is 7. The first kappa shape index (κ1) is 21.5. The lowest BCUT2D eigenvalue weighted by molar-refractivity contribution is -0.116. The van der Waals surface area contributed by atoms with Crippen LogP contribution in [0, 0.1) is 0 Å². The third kappa shape index (κ3) is 5.90. The molecule has 0 fully saturated rings. The Kier molecular flexibility index (Phi) is 6.96. The SMILES string of the molecule is CC(Sc1nc2ccc(NC(=O)CCc3ccccc3)cc2s1)C(=O)Nc1nccs1. The monoisotopic (exact) mass is 468 g/mol. The average molecular weight is 469 g/mol. The minimum Gasteiger partial charge on any atom is -0.326 e. The van der Waals surface area contributed by atoms with Crippen molar-refractivity contribution in [1.82, 2.24) is 9.97 Å². The number of rotatable bonds is 8. The minimum absolute atomic E-state index is 0.0187. The zero-order valence-electron chi connectivity index (χ0n) is 16.7. The quantitative estimate of drug-likeness (QED) is 0.336. The van der Waals surface area contributed by atoms with Gasteiger partial charge in [-0.15, -0.1) is 22.7 Å². The van der Waals surface area contributed by atoms with Gasteiger partial charge in [-0.05, 0) is 37.1 Å². The van der Waals surface area contributed by atoms with Crippen LogP contribution in [0.25, 0.3) is 10.2 Å². The van der Waals surface area contributed by atoms with Crippen molar-refractivity contribution in [2.45, 2.75) is 29.4 Å². The van der Waals surface area contributed by atoms with E-state index in [-0.39, 0.29) is 17.1 Å². The van der Waals surface area contributed by atoms with Gasteiger partial charge in [0.1, 0.15) is 0 Å². The van der Waals surface area contributed by atoms with Crippen LogP contribution in [0.3, 0.4) is 0 Å². The Balaban J connectivity index is 1.35. The number of nitrogens with zero attached hydrogens (tertiary/aromatic N) is 2. The van der Waals surface area contributed by atoms with Gasteiger partial charge in [0.15, 0.2) is 9.47 Å². The van der Waals surface area contributed by atoms with Gasteiger partial charge in [-0.3, -0.25) is 9.59 Å². The second-order valence-corrected chi connectivity index (χ2v) is 10.3. The smallest absolute Gasteiger partial charge is 0.239 e. The number of nitrogens with one attached hydrogen (secondary N) is 2. The van der Waals surface area contributed by atoms with E-state index in [1.165, 1.54) is 34.4 Å². The normalized spacial score (nSPS) is 11.9. The molecule has 1 atom stereocenters.